The monoisotopic (exact) mass is 459 g/mol. The van der Waals surface area contributed by atoms with Crippen LogP contribution in [0.25, 0.3) is 11.0 Å². The van der Waals surface area contributed by atoms with Crippen LogP contribution in [0.4, 0.5) is 5.69 Å². The first kappa shape index (κ1) is 21.3. The summed E-state index contributed by atoms with van der Waals surface area (Å²) in [6, 6.07) is 20.9. The van der Waals surface area contributed by atoms with E-state index in [0.717, 1.165) is 24.2 Å². The van der Waals surface area contributed by atoms with Crippen LogP contribution < -0.4 is 15.1 Å². The van der Waals surface area contributed by atoms with E-state index in [4.69, 9.17) is 20.8 Å². The van der Waals surface area contributed by atoms with Gasteiger partial charge in [0, 0.05) is 10.7 Å². The van der Waals surface area contributed by atoms with E-state index in [1.54, 1.807) is 53.4 Å². The molecule has 1 amide bonds. The highest BCUT2D eigenvalue weighted by atomic mass is 35.5. The summed E-state index contributed by atoms with van der Waals surface area (Å²) >= 11 is 6.23. The largest absolute Gasteiger partial charge is 0.494 e. The van der Waals surface area contributed by atoms with Crippen LogP contribution in [0.2, 0.25) is 5.02 Å². The van der Waals surface area contributed by atoms with Gasteiger partial charge < -0.3 is 9.15 Å². The van der Waals surface area contributed by atoms with Crippen LogP contribution in [0.3, 0.4) is 0 Å². The summed E-state index contributed by atoms with van der Waals surface area (Å²) in [6.45, 7) is 2.76. The van der Waals surface area contributed by atoms with Crippen LogP contribution >= 0.6 is 11.6 Å². The molecule has 5 nitrogen and oxygen atoms in total. The number of anilines is 1. The van der Waals surface area contributed by atoms with E-state index in [1.807, 2.05) is 24.3 Å². The Kier molecular flexibility index (Phi) is 5.65. The topological polar surface area (TPSA) is 59.8 Å². The maximum Gasteiger partial charge on any atom is 0.295 e. The molecule has 2 heterocycles. The van der Waals surface area contributed by atoms with Gasteiger partial charge in [-0.1, -0.05) is 55.3 Å². The van der Waals surface area contributed by atoms with E-state index < -0.39 is 6.04 Å². The predicted octanol–water partition coefficient (Wildman–Crippen LogP) is 6.38. The molecule has 6 heteroatoms. The molecule has 33 heavy (non-hydrogen) atoms. The van der Waals surface area contributed by atoms with Gasteiger partial charge in [-0.3, -0.25) is 14.5 Å². The van der Waals surface area contributed by atoms with Gasteiger partial charge in [-0.2, -0.15) is 0 Å². The molecule has 166 valence electrons. The fourth-order valence-electron chi connectivity index (χ4n) is 4.21. The summed E-state index contributed by atoms with van der Waals surface area (Å²) in [4.78, 5) is 28.7. The average molecular weight is 460 g/mol. The highest BCUT2D eigenvalue weighted by Crippen LogP contribution is 2.42. The summed E-state index contributed by atoms with van der Waals surface area (Å²) in [7, 11) is 0. The Bertz CT molecular complexity index is 1390. The number of benzene rings is 3. The highest BCUT2D eigenvalue weighted by Gasteiger charge is 2.43. The van der Waals surface area contributed by atoms with Crippen molar-refractivity contribution in [2.75, 3.05) is 11.5 Å². The minimum atomic E-state index is -0.642. The number of carbonyl (C=O) groups is 1. The molecule has 0 fully saturated rings. The van der Waals surface area contributed by atoms with Crippen molar-refractivity contribution in [3.63, 3.8) is 0 Å². The number of amides is 1. The Morgan fingerprint density at radius 2 is 1.79 bits per heavy atom. The average Bonchev–Trinajstić information content (AvgIpc) is 3.12. The zero-order chi connectivity index (χ0) is 22.9. The molecule has 4 aromatic rings. The Morgan fingerprint density at radius 1 is 1.00 bits per heavy atom. The molecule has 3 aromatic carbocycles. The van der Waals surface area contributed by atoms with Gasteiger partial charge in [0.15, 0.2) is 5.43 Å². The van der Waals surface area contributed by atoms with Gasteiger partial charge >= 0.3 is 0 Å². The summed E-state index contributed by atoms with van der Waals surface area (Å²) in [5, 5.41) is 0.945. The minimum absolute atomic E-state index is 0.0620. The number of para-hydroxylation sites is 1. The number of hydrogen-bond donors (Lipinski definition) is 0. The molecule has 1 unspecified atom stereocenters. The normalized spacial score (nSPS) is 15.2. The molecule has 0 N–H and O–H groups in total. The first-order valence-electron chi connectivity index (χ1n) is 11.0. The molecular weight excluding hydrogens is 438 g/mol. The molecule has 1 aliphatic rings. The standard InChI is InChI=1S/C27H22ClNO4/c1-2-3-15-32-20-13-11-17(12-14-20)24-23-25(30)21-9-4-5-10-22(21)33-26(23)27(31)29(24)19-8-6-7-18(28)16-19/h4-14,16,24H,2-3,15H2,1H3. The number of rotatable bonds is 6. The van der Waals surface area contributed by atoms with Crippen LogP contribution in [-0.2, 0) is 0 Å². The van der Waals surface area contributed by atoms with Gasteiger partial charge in [0.05, 0.1) is 23.6 Å². The second-order valence-corrected chi connectivity index (χ2v) is 8.44. The van der Waals surface area contributed by atoms with Gasteiger partial charge in [-0.15, -0.1) is 0 Å². The lowest BCUT2D eigenvalue weighted by Gasteiger charge is -2.25. The molecule has 0 aliphatic carbocycles. The number of unbranched alkanes of at least 4 members (excludes halogenated alkanes) is 1. The van der Waals surface area contributed by atoms with Gasteiger partial charge in [-0.25, -0.2) is 0 Å². The van der Waals surface area contributed by atoms with E-state index in [0.29, 0.717) is 33.8 Å². The van der Waals surface area contributed by atoms with Crippen molar-refractivity contribution in [2.45, 2.75) is 25.8 Å². The highest BCUT2D eigenvalue weighted by molar-refractivity contribution is 6.31. The van der Waals surface area contributed by atoms with Crippen molar-refractivity contribution in [3.05, 3.63) is 105 Å². The van der Waals surface area contributed by atoms with Crippen molar-refractivity contribution >= 4 is 34.2 Å². The summed E-state index contributed by atoms with van der Waals surface area (Å²) < 4.78 is 11.8. The fraction of sp³-hybridized carbons (Fsp3) is 0.185. The lowest BCUT2D eigenvalue weighted by Crippen LogP contribution is -2.29. The van der Waals surface area contributed by atoms with Gasteiger partial charge in [0.1, 0.15) is 11.3 Å². The van der Waals surface area contributed by atoms with E-state index >= 15 is 0 Å². The number of carbonyl (C=O) groups excluding carboxylic acids is 1. The van der Waals surface area contributed by atoms with Gasteiger partial charge in [0.2, 0.25) is 5.76 Å². The quantitative estimate of drug-likeness (QED) is 0.314. The fourth-order valence-corrected chi connectivity index (χ4v) is 4.39. The second-order valence-electron chi connectivity index (χ2n) is 8.00. The van der Waals surface area contributed by atoms with Crippen molar-refractivity contribution in [1.29, 1.82) is 0 Å². The second kappa shape index (κ2) is 8.75. The molecule has 1 atom stereocenters. The molecule has 0 saturated heterocycles. The maximum atomic E-state index is 13.6. The lowest BCUT2D eigenvalue weighted by atomic mass is 9.98. The van der Waals surface area contributed by atoms with E-state index in [2.05, 4.69) is 6.92 Å². The summed E-state index contributed by atoms with van der Waals surface area (Å²) in [5.74, 6) is 0.437. The Hall–Kier alpha value is -3.57. The van der Waals surface area contributed by atoms with Crippen LogP contribution in [0, 0.1) is 0 Å². The van der Waals surface area contributed by atoms with Gasteiger partial charge in [0.25, 0.3) is 5.91 Å². The molecule has 0 bridgehead atoms. The Balaban J connectivity index is 1.67. The smallest absolute Gasteiger partial charge is 0.295 e. The minimum Gasteiger partial charge on any atom is -0.494 e. The molecule has 0 spiro atoms. The zero-order valence-electron chi connectivity index (χ0n) is 18.1. The third kappa shape index (κ3) is 3.79. The lowest BCUT2D eigenvalue weighted by molar-refractivity contribution is 0.0971. The molecular formula is C27H22ClNO4. The summed E-state index contributed by atoms with van der Waals surface area (Å²) in [6.07, 6.45) is 2.03. The SMILES string of the molecule is CCCCOc1ccc(C2c3c(oc4ccccc4c3=O)C(=O)N2c2cccc(Cl)c2)cc1. The van der Waals surface area contributed by atoms with Crippen LogP contribution in [0.15, 0.2) is 82.0 Å². The number of nitrogens with zero attached hydrogens (tertiary/aromatic N) is 1. The third-order valence-electron chi connectivity index (χ3n) is 5.83. The molecule has 1 aliphatic heterocycles. The molecule has 0 saturated carbocycles. The van der Waals surface area contributed by atoms with Crippen molar-refractivity contribution in [2.24, 2.45) is 0 Å². The molecule has 5 rings (SSSR count). The first-order valence-corrected chi connectivity index (χ1v) is 11.3. The van der Waals surface area contributed by atoms with Crippen molar-refractivity contribution in [3.8, 4) is 5.75 Å². The van der Waals surface area contributed by atoms with E-state index in [1.165, 1.54) is 0 Å². The predicted molar refractivity (Wildman–Crippen MR) is 129 cm³/mol. The number of ether oxygens (including phenoxy) is 1. The first-order chi connectivity index (χ1) is 16.1. The van der Waals surface area contributed by atoms with Crippen molar-refractivity contribution in [1.82, 2.24) is 0 Å². The maximum absolute atomic E-state index is 13.6. The van der Waals surface area contributed by atoms with Crippen LogP contribution in [0.5, 0.6) is 5.75 Å². The number of fused-ring (bicyclic) bond motifs is 2. The Labute approximate surface area is 196 Å². The number of halogens is 1. The van der Waals surface area contributed by atoms with Gasteiger partial charge in [-0.05, 0) is 54.4 Å². The van der Waals surface area contributed by atoms with Crippen LogP contribution in [0.1, 0.15) is 47.5 Å². The third-order valence-corrected chi connectivity index (χ3v) is 6.06. The number of hydrogen-bond acceptors (Lipinski definition) is 4. The van der Waals surface area contributed by atoms with E-state index in [9.17, 15) is 9.59 Å². The summed E-state index contributed by atoms with van der Waals surface area (Å²) in [5.41, 5.74) is 1.89. The molecule has 0 radical (unpaired) electrons. The van der Waals surface area contributed by atoms with Crippen LogP contribution in [-0.4, -0.2) is 12.5 Å². The molecule has 1 aromatic heterocycles. The zero-order valence-corrected chi connectivity index (χ0v) is 18.8. The van der Waals surface area contributed by atoms with E-state index in [-0.39, 0.29) is 17.1 Å². The Morgan fingerprint density at radius 3 is 2.55 bits per heavy atom. The van der Waals surface area contributed by atoms with Crippen molar-refractivity contribution < 1.29 is 13.9 Å².